The Morgan fingerprint density at radius 1 is 0.919 bits per heavy atom. The summed E-state index contributed by atoms with van der Waals surface area (Å²) in [5.74, 6) is -1.11. The van der Waals surface area contributed by atoms with E-state index in [1.54, 1.807) is 0 Å². The highest BCUT2D eigenvalue weighted by Gasteiger charge is 2.59. The number of nitrogens with one attached hydrogen (secondary N) is 1. The van der Waals surface area contributed by atoms with E-state index in [2.05, 4.69) is 17.4 Å². The quantitative estimate of drug-likeness (QED) is 0.587. The third kappa shape index (κ3) is 6.29. The second-order valence-electron chi connectivity index (χ2n) is 11.7. The van der Waals surface area contributed by atoms with Gasteiger partial charge in [0.05, 0.1) is 18.8 Å². The Morgan fingerprint density at radius 3 is 2.24 bits per heavy atom. The van der Waals surface area contributed by atoms with Gasteiger partial charge in [0, 0.05) is 25.2 Å². The molecule has 5 rings (SSSR count). The van der Waals surface area contributed by atoms with E-state index in [1.807, 2.05) is 58.6 Å². The van der Waals surface area contributed by atoms with Crippen molar-refractivity contribution in [3.05, 3.63) is 29.8 Å². The van der Waals surface area contributed by atoms with Crippen LogP contribution < -0.4 is 5.32 Å². The van der Waals surface area contributed by atoms with Gasteiger partial charge in [-0.3, -0.25) is 4.79 Å². The minimum atomic E-state index is -0.690. The van der Waals surface area contributed by atoms with Crippen molar-refractivity contribution in [2.75, 3.05) is 25.0 Å². The van der Waals surface area contributed by atoms with Crippen LogP contribution in [-0.4, -0.2) is 84.9 Å². The molecule has 4 saturated heterocycles. The van der Waals surface area contributed by atoms with Gasteiger partial charge in [0.2, 0.25) is 5.91 Å². The van der Waals surface area contributed by atoms with Crippen LogP contribution in [0.3, 0.4) is 0 Å². The Balaban J connectivity index is 1.14. The summed E-state index contributed by atoms with van der Waals surface area (Å²) < 4.78 is 36.4. The highest BCUT2D eigenvalue weighted by atomic mass is 16.8. The van der Waals surface area contributed by atoms with E-state index in [0.717, 1.165) is 18.5 Å². The predicted octanol–water partition coefficient (Wildman–Crippen LogP) is 3.45. The van der Waals surface area contributed by atoms with Crippen LogP contribution in [0.5, 0.6) is 0 Å². The molecule has 0 radical (unpaired) electrons. The van der Waals surface area contributed by atoms with E-state index >= 15 is 0 Å². The molecule has 0 aliphatic carbocycles. The molecular weight excluding hydrogens is 476 g/mol. The summed E-state index contributed by atoms with van der Waals surface area (Å²) in [4.78, 5) is 14.6. The minimum Gasteiger partial charge on any atom is -0.372 e. The monoisotopic (exact) mass is 518 g/mol. The van der Waals surface area contributed by atoms with Crippen LogP contribution in [-0.2, 0) is 39.6 Å². The number of aryl methyl sites for hydroxylation is 1. The first kappa shape index (κ1) is 26.8. The third-order valence-electron chi connectivity index (χ3n) is 7.38. The number of carbonyl (C=O) groups is 1. The average Bonchev–Trinajstić information content (AvgIpc) is 3.44. The Hall–Kier alpha value is -1.75. The molecule has 4 fully saturated rings. The number of rotatable bonds is 7. The lowest BCUT2D eigenvalue weighted by atomic mass is 10.1. The molecule has 9 nitrogen and oxygen atoms in total. The van der Waals surface area contributed by atoms with E-state index in [0.29, 0.717) is 26.1 Å². The van der Waals surface area contributed by atoms with Gasteiger partial charge < -0.3 is 38.6 Å². The first-order valence-electron chi connectivity index (χ1n) is 13.6. The third-order valence-corrected chi connectivity index (χ3v) is 7.38. The maximum absolute atomic E-state index is 12.6. The number of morpholine rings is 1. The van der Waals surface area contributed by atoms with Gasteiger partial charge in [-0.05, 0) is 72.1 Å². The molecule has 0 aromatic heterocycles. The zero-order chi connectivity index (χ0) is 26.4. The van der Waals surface area contributed by atoms with Crippen molar-refractivity contribution in [1.29, 1.82) is 0 Å². The number of fused-ring (bicyclic) bond motifs is 1. The van der Waals surface area contributed by atoms with Gasteiger partial charge in [-0.2, -0.15) is 0 Å². The van der Waals surface area contributed by atoms with Crippen molar-refractivity contribution in [2.24, 2.45) is 0 Å². The summed E-state index contributed by atoms with van der Waals surface area (Å²) in [6.45, 7) is 13.5. The van der Waals surface area contributed by atoms with Crippen molar-refractivity contribution < 1.29 is 33.2 Å². The number of hydrogen-bond acceptors (Lipinski definition) is 8. The molecule has 9 heteroatoms. The second kappa shape index (κ2) is 10.4. The molecule has 0 bridgehead atoms. The SMILES string of the molecule is C[C@@H]1CN(C(=O)CCCc2ccc(NC3OC(C4COC(C)(C)O4)[C@@H]4OC(C)(C)O[C@H]34)cc2)C[C@H](C)O1. The molecule has 1 N–H and O–H groups in total. The van der Waals surface area contributed by atoms with Crippen LogP contribution in [0.1, 0.15) is 59.9 Å². The van der Waals surface area contributed by atoms with Crippen LogP contribution >= 0.6 is 0 Å². The molecule has 1 aromatic carbocycles. The standard InChI is InChI=1S/C28H42N2O7/c1-17-14-30(15-18(2)33-17)22(31)9-7-8-19-10-12-20(13-11-19)29-26-25-24(36-28(5,6)37-25)23(34-26)21-16-32-27(3,4)35-21/h10-13,17-18,21,23-26,29H,7-9,14-16H2,1-6H3/t17-,18+,21?,23?,24-,25-,26?/m0/s1. The smallest absolute Gasteiger partial charge is 0.222 e. The molecule has 37 heavy (non-hydrogen) atoms. The van der Waals surface area contributed by atoms with Gasteiger partial charge >= 0.3 is 0 Å². The molecule has 7 atom stereocenters. The molecule has 1 amide bonds. The number of nitrogens with zero attached hydrogens (tertiary/aromatic N) is 1. The summed E-state index contributed by atoms with van der Waals surface area (Å²) in [6.07, 6.45) is 1.04. The second-order valence-corrected chi connectivity index (χ2v) is 11.7. The molecule has 0 spiro atoms. The van der Waals surface area contributed by atoms with Gasteiger partial charge in [0.25, 0.3) is 0 Å². The summed E-state index contributed by atoms with van der Waals surface area (Å²) >= 11 is 0. The van der Waals surface area contributed by atoms with Gasteiger partial charge in [0.15, 0.2) is 17.8 Å². The fraction of sp³-hybridized carbons (Fsp3) is 0.750. The van der Waals surface area contributed by atoms with E-state index < -0.39 is 11.6 Å². The maximum atomic E-state index is 12.6. The predicted molar refractivity (Wildman–Crippen MR) is 137 cm³/mol. The number of anilines is 1. The zero-order valence-corrected chi connectivity index (χ0v) is 22.9. The normalized spacial score (nSPS) is 36.5. The molecular formula is C28H42N2O7. The van der Waals surface area contributed by atoms with Crippen LogP contribution in [0, 0.1) is 0 Å². The van der Waals surface area contributed by atoms with E-state index in [4.69, 9.17) is 28.4 Å². The van der Waals surface area contributed by atoms with E-state index in [1.165, 1.54) is 5.56 Å². The Labute approximate surface area is 220 Å². The van der Waals surface area contributed by atoms with Gasteiger partial charge in [-0.25, -0.2) is 0 Å². The van der Waals surface area contributed by atoms with E-state index in [9.17, 15) is 4.79 Å². The summed E-state index contributed by atoms with van der Waals surface area (Å²) in [5, 5.41) is 3.48. The number of hydrogen-bond donors (Lipinski definition) is 1. The summed E-state index contributed by atoms with van der Waals surface area (Å²) in [7, 11) is 0. The molecule has 1 aromatic rings. The molecule has 206 valence electrons. The first-order valence-corrected chi connectivity index (χ1v) is 13.6. The lowest BCUT2D eigenvalue weighted by molar-refractivity contribution is -0.203. The summed E-state index contributed by atoms with van der Waals surface area (Å²) in [5.41, 5.74) is 2.14. The van der Waals surface area contributed by atoms with Crippen molar-refractivity contribution in [3.63, 3.8) is 0 Å². The fourth-order valence-electron chi connectivity index (χ4n) is 5.84. The molecule has 3 unspecified atom stereocenters. The highest BCUT2D eigenvalue weighted by molar-refractivity contribution is 5.76. The lowest BCUT2D eigenvalue weighted by Crippen LogP contribution is -2.48. The highest BCUT2D eigenvalue weighted by Crippen LogP contribution is 2.42. The van der Waals surface area contributed by atoms with Gasteiger partial charge in [-0.15, -0.1) is 0 Å². The van der Waals surface area contributed by atoms with Crippen molar-refractivity contribution >= 4 is 11.6 Å². The van der Waals surface area contributed by atoms with Crippen molar-refractivity contribution in [2.45, 2.75) is 115 Å². The van der Waals surface area contributed by atoms with Crippen LogP contribution in [0.2, 0.25) is 0 Å². The average molecular weight is 519 g/mol. The minimum absolute atomic E-state index is 0.0975. The van der Waals surface area contributed by atoms with Crippen LogP contribution in [0.25, 0.3) is 0 Å². The maximum Gasteiger partial charge on any atom is 0.222 e. The van der Waals surface area contributed by atoms with Gasteiger partial charge in [-0.1, -0.05) is 12.1 Å². The fourth-order valence-corrected chi connectivity index (χ4v) is 5.84. The number of carbonyl (C=O) groups excluding carboxylic acids is 1. The van der Waals surface area contributed by atoms with Gasteiger partial charge in [0.1, 0.15) is 24.4 Å². The largest absolute Gasteiger partial charge is 0.372 e. The Kier molecular flexibility index (Phi) is 7.57. The Bertz CT molecular complexity index is 942. The topological polar surface area (TPSA) is 87.7 Å². The Morgan fingerprint density at radius 2 is 1.59 bits per heavy atom. The molecule has 4 aliphatic rings. The molecule has 0 saturated carbocycles. The zero-order valence-electron chi connectivity index (χ0n) is 22.9. The van der Waals surface area contributed by atoms with Crippen molar-refractivity contribution in [1.82, 2.24) is 4.90 Å². The first-order chi connectivity index (χ1) is 17.5. The summed E-state index contributed by atoms with van der Waals surface area (Å²) in [6, 6.07) is 8.30. The van der Waals surface area contributed by atoms with Crippen LogP contribution in [0.15, 0.2) is 24.3 Å². The molecule has 4 aliphatic heterocycles. The van der Waals surface area contributed by atoms with Crippen molar-refractivity contribution in [3.8, 4) is 0 Å². The number of benzene rings is 1. The van der Waals surface area contributed by atoms with Crippen LogP contribution in [0.4, 0.5) is 5.69 Å². The number of ether oxygens (including phenoxy) is 6. The van der Waals surface area contributed by atoms with E-state index in [-0.39, 0.29) is 48.8 Å². The molecule has 4 heterocycles. The number of amides is 1. The lowest BCUT2D eigenvalue weighted by Gasteiger charge is -2.35.